The van der Waals surface area contributed by atoms with Crippen LogP contribution in [0.3, 0.4) is 0 Å². The maximum absolute atomic E-state index is 11.4. The van der Waals surface area contributed by atoms with Crippen LogP contribution in [0, 0.1) is 0 Å². The number of benzene rings is 1. The highest BCUT2D eigenvalue weighted by Crippen LogP contribution is 2.32. The lowest BCUT2D eigenvalue weighted by Gasteiger charge is -2.21. The van der Waals surface area contributed by atoms with Crippen molar-refractivity contribution in [3.05, 3.63) is 22.7 Å². The fourth-order valence-corrected chi connectivity index (χ4v) is 2.01. The maximum Gasteiger partial charge on any atom is 0.331 e. The Morgan fingerprint density at radius 1 is 1.45 bits per heavy atom. The highest BCUT2D eigenvalue weighted by molar-refractivity contribution is 9.10. The van der Waals surface area contributed by atoms with Gasteiger partial charge in [0.25, 0.3) is 0 Å². The van der Waals surface area contributed by atoms with E-state index in [1.54, 1.807) is 12.1 Å². The number of ether oxygens (including phenoxy) is 1. The van der Waals surface area contributed by atoms with Crippen LogP contribution in [-0.2, 0) is 10.3 Å². The van der Waals surface area contributed by atoms with Gasteiger partial charge in [-0.1, -0.05) is 15.9 Å². The van der Waals surface area contributed by atoms with Gasteiger partial charge in [-0.2, -0.15) is 0 Å². The first-order valence-corrected chi connectivity index (χ1v) is 6.53. The Bertz CT molecular complexity index is 654. The van der Waals surface area contributed by atoms with E-state index in [1.807, 2.05) is 6.07 Å². The third-order valence-corrected chi connectivity index (χ3v) is 3.42. The first-order valence-electron chi connectivity index (χ1n) is 5.74. The van der Waals surface area contributed by atoms with Gasteiger partial charge in [-0.25, -0.2) is 9.48 Å². The fourth-order valence-electron chi connectivity index (χ4n) is 1.67. The molecule has 8 heteroatoms. The first-order chi connectivity index (χ1) is 9.37. The molecule has 0 atom stereocenters. The lowest BCUT2D eigenvalue weighted by Crippen LogP contribution is -2.37. The summed E-state index contributed by atoms with van der Waals surface area (Å²) in [5.41, 5.74) is -0.647. The molecule has 1 aromatic heterocycles. The number of hydrogen-bond donors (Lipinski definition) is 1. The topological polar surface area (TPSA) is 90.1 Å². The van der Waals surface area contributed by atoms with E-state index in [9.17, 15) is 9.90 Å². The Balaban J connectivity index is 2.62. The molecular formula is C12H13BrN4O3. The molecule has 7 nitrogen and oxygen atoms in total. The van der Waals surface area contributed by atoms with Crippen LogP contribution < -0.4 is 4.74 Å². The molecule has 1 heterocycles. The number of carboxylic acids is 1. The van der Waals surface area contributed by atoms with Gasteiger partial charge in [-0.15, -0.1) is 5.10 Å². The zero-order valence-corrected chi connectivity index (χ0v) is 12.7. The number of carbonyl (C=O) groups is 1. The summed E-state index contributed by atoms with van der Waals surface area (Å²) in [6.45, 7) is 3.06. The molecular weight excluding hydrogens is 328 g/mol. The van der Waals surface area contributed by atoms with Gasteiger partial charge in [0.1, 0.15) is 5.75 Å². The number of methoxy groups -OCH3 is 1. The Kier molecular flexibility index (Phi) is 3.76. The third kappa shape index (κ3) is 2.38. The molecule has 2 rings (SSSR count). The molecule has 0 bridgehead atoms. The summed E-state index contributed by atoms with van der Waals surface area (Å²) in [4.78, 5) is 11.4. The zero-order chi connectivity index (χ0) is 14.9. The lowest BCUT2D eigenvalue weighted by molar-refractivity contribution is -0.146. The second-order valence-electron chi connectivity index (χ2n) is 4.62. The maximum atomic E-state index is 11.4. The van der Waals surface area contributed by atoms with Gasteiger partial charge in [0.05, 0.1) is 12.7 Å². The minimum absolute atomic E-state index is 0.335. The Morgan fingerprint density at radius 3 is 2.75 bits per heavy atom. The van der Waals surface area contributed by atoms with Crippen molar-refractivity contribution in [3.63, 3.8) is 0 Å². The number of rotatable bonds is 4. The van der Waals surface area contributed by atoms with E-state index in [1.165, 1.54) is 25.6 Å². The normalized spacial score (nSPS) is 11.4. The quantitative estimate of drug-likeness (QED) is 0.914. The molecule has 106 valence electrons. The fraction of sp³-hybridized carbons (Fsp3) is 0.333. The molecule has 2 aromatic rings. The van der Waals surface area contributed by atoms with Crippen LogP contribution in [0.5, 0.6) is 5.75 Å². The minimum Gasteiger partial charge on any atom is -0.496 e. The van der Waals surface area contributed by atoms with Crippen molar-refractivity contribution < 1.29 is 14.6 Å². The molecule has 0 aliphatic heterocycles. The van der Waals surface area contributed by atoms with Crippen molar-refractivity contribution in [1.82, 2.24) is 20.2 Å². The zero-order valence-electron chi connectivity index (χ0n) is 11.2. The van der Waals surface area contributed by atoms with E-state index in [2.05, 4.69) is 31.5 Å². The van der Waals surface area contributed by atoms with Gasteiger partial charge in [0.2, 0.25) is 0 Å². The molecule has 1 aromatic carbocycles. The largest absolute Gasteiger partial charge is 0.496 e. The van der Waals surface area contributed by atoms with Crippen LogP contribution in [-0.4, -0.2) is 38.4 Å². The highest BCUT2D eigenvalue weighted by atomic mass is 79.9. The number of hydrogen-bond acceptors (Lipinski definition) is 5. The molecule has 0 unspecified atom stereocenters. The molecule has 0 amide bonds. The number of carboxylic acid groups (broad SMARTS) is 1. The Labute approximate surface area is 123 Å². The van der Waals surface area contributed by atoms with Crippen molar-refractivity contribution in [2.45, 2.75) is 19.4 Å². The van der Waals surface area contributed by atoms with Crippen molar-refractivity contribution in [2.75, 3.05) is 7.11 Å². The van der Waals surface area contributed by atoms with E-state index >= 15 is 0 Å². The smallest absolute Gasteiger partial charge is 0.331 e. The molecule has 0 saturated carbocycles. The van der Waals surface area contributed by atoms with Crippen LogP contribution >= 0.6 is 15.9 Å². The van der Waals surface area contributed by atoms with E-state index in [0.717, 1.165) is 4.47 Å². The monoisotopic (exact) mass is 340 g/mol. The number of halogens is 1. The SMILES string of the molecule is COc1cc(Br)ccc1-c1nnnn1C(C)(C)C(=O)O. The van der Waals surface area contributed by atoms with E-state index in [0.29, 0.717) is 17.1 Å². The second-order valence-corrected chi connectivity index (χ2v) is 5.54. The molecule has 0 saturated heterocycles. The molecule has 0 fully saturated rings. The molecule has 1 N–H and O–H groups in total. The summed E-state index contributed by atoms with van der Waals surface area (Å²) in [5, 5.41) is 20.6. The van der Waals surface area contributed by atoms with Crippen molar-refractivity contribution in [1.29, 1.82) is 0 Å². The average molecular weight is 341 g/mol. The summed E-state index contributed by atoms with van der Waals surface area (Å²) in [5.74, 6) is -0.138. The summed E-state index contributed by atoms with van der Waals surface area (Å²) >= 11 is 3.35. The van der Waals surface area contributed by atoms with Crippen LogP contribution in [0.25, 0.3) is 11.4 Å². The van der Waals surface area contributed by atoms with Crippen LogP contribution in [0.4, 0.5) is 0 Å². The van der Waals surface area contributed by atoms with Gasteiger partial charge in [0, 0.05) is 4.47 Å². The second kappa shape index (κ2) is 5.20. The summed E-state index contributed by atoms with van der Waals surface area (Å²) in [6.07, 6.45) is 0. The summed E-state index contributed by atoms with van der Waals surface area (Å²) < 4.78 is 7.40. The third-order valence-electron chi connectivity index (χ3n) is 2.93. The van der Waals surface area contributed by atoms with Crippen molar-refractivity contribution in [2.24, 2.45) is 0 Å². The van der Waals surface area contributed by atoms with Crippen LogP contribution in [0.15, 0.2) is 22.7 Å². The van der Waals surface area contributed by atoms with E-state index < -0.39 is 11.5 Å². The predicted octanol–water partition coefficient (Wildman–Crippen LogP) is 1.93. The highest BCUT2D eigenvalue weighted by Gasteiger charge is 2.34. The van der Waals surface area contributed by atoms with Gasteiger partial charge >= 0.3 is 5.97 Å². The van der Waals surface area contributed by atoms with Gasteiger partial charge in [-0.05, 0) is 42.5 Å². The minimum atomic E-state index is -1.27. The van der Waals surface area contributed by atoms with Crippen LogP contribution in [0.2, 0.25) is 0 Å². The Hall–Kier alpha value is -1.96. The van der Waals surface area contributed by atoms with Gasteiger partial charge in [-0.3, -0.25) is 0 Å². The number of aliphatic carboxylic acids is 1. The van der Waals surface area contributed by atoms with E-state index in [4.69, 9.17) is 4.74 Å². The summed E-state index contributed by atoms with van der Waals surface area (Å²) in [6, 6.07) is 5.34. The number of nitrogens with zero attached hydrogens (tertiary/aromatic N) is 4. The predicted molar refractivity (Wildman–Crippen MR) is 74.5 cm³/mol. The molecule has 20 heavy (non-hydrogen) atoms. The van der Waals surface area contributed by atoms with E-state index in [-0.39, 0.29) is 0 Å². The lowest BCUT2D eigenvalue weighted by atomic mass is 10.1. The number of tetrazole rings is 1. The first kappa shape index (κ1) is 14.4. The van der Waals surface area contributed by atoms with Gasteiger partial charge < -0.3 is 9.84 Å². The standard InChI is InChI=1S/C12H13BrN4O3/c1-12(2,11(18)19)17-10(14-15-16-17)8-5-4-7(13)6-9(8)20-3/h4-6H,1-3H3,(H,18,19). The molecule has 0 radical (unpaired) electrons. The molecule has 0 spiro atoms. The Morgan fingerprint density at radius 2 is 2.15 bits per heavy atom. The van der Waals surface area contributed by atoms with Crippen molar-refractivity contribution in [3.8, 4) is 17.1 Å². The van der Waals surface area contributed by atoms with Crippen LogP contribution in [0.1, 0.15) is 13.8 Å². The average Bonchev–Trinajstić information content (AvgIpc) is 2.88. The molecule has 0 aliphatic rings. The molecule has 0 aliphatic carbocycles. The van der Waals surface area contributed by atoms with Crippen molar-refractivity contribution >= 4 is 21.9 Å². The summed E-state index contributed by atoms with van der Waals surface area (Å²) in [7, 11) is 1.53. The number of aromatic nitrogens is 4. The van der Waals surface area contributed by atoms with Gasteiger partial charge in [0.15, 0.2) is 11.4 Å².